The van der Waals surface area contributed by atoms with E-state index < -0.39 is 34.5 Å². The highest BCUT2D eigenvalue weighted by Crippen LogP contribution is 2.27. The topological polar surface area (TPSA) is 104 Å². The van der Waals surface area contributed by atoms with E-state index in [2.05, 4.69) is 4.72 Å². The van der Waals surface area contributed by atoms with Crippen LogP contribution < -0.4 is 4.72 Å². The molecule has 9 heteroatoms. The van der Waals surface area contributed by atoms with Crippen molar-refractivity contribution in [3.8, 4) is 0 Å². The van der Waals surface area contributed by atoms with Crippen molar-refractivity contribution < 1.29 is 23.1 Å². The van der Waals surface area contributed by atoms with Crippen LogP contribution in [-0.2, 0) is 19.6 Å². The molecule has 1 aromatic heterocycles. The molecule has 1 atom stereocenters. The molecule has 1 aromatic rings. The van der Waals surface area contributed by atoms with Crippen molar-refractivity contribution in [3.05, 3.63) is 17.5 Å². The van der Waals surface area contributed by atoms with E-state index in [9.17, 15) is 18.0 Å². The second-order valence-electron chi connectivity index (χ2n) is 4.87. The number of nitrogens with one attached hydrogen (secondary N) is 1. The van der Waals surface area contributed by atoms with E-state index in [1.807, 2.05) is 0 Å². The highest BCUT2D eigenvalue weighted by Gasteiger charge is 2.36. The Hall–Kier alpha value is -1.45. The number of hydrogen-bond acceptors (Lipinski definition) is 5. The molecule has 2 rings (SSSR count). The van der Waals surface area contributed by atoms with Gasteiger partial charge in [0.25, 0.3) is 10.0 Å². The first-order valence-corrected chi connectivity index (χ1v) is 8.75. The molecule has 1 fully saturated rings. The Morgan fingerprint density at radius 2 is 2.19 bits per heavy atom. The van der Waals surface area contributed by atoms with Crippen LogP contribution in [-0.4, -0.2) is 48.9 Å². The first-order chi connectivity index (χ1) is 9.81. The average Bonchev–Trinajstić information content (AvgIpc) is 3.06. The van der Waals surface area contributed by atoms with Gasteiger partial charge >= 0.3 is 5.97 Å². The van der Waals surface area contributed by atoms with Crippen LogP contribution in [0.2, 0.25) is 0 Å². The molecule has 0 saturated heterocycles. The van der Waals surface area contributed by atoms with Gasteiger partial charge in [-0.15, -0.1) is 11.3 Å². The summed E-state index contributed by atoms with van der Waals surface area (Å²) in [5.74, 6) is -1.62. The number of sulfonamides is 1. The standard InChI is InChI=1S/C12H16N2O5S2/c1-8(13-21(18,19)11-3-2-6-20-11)12(17)14(7-10(15)16)9-4-5-9/h2-3,6,8-9,13H,4-5,7H2,1H3,(H,15,16). The molecule has 0 radical (unpaired) electrons. The van der Waals surface area contributed by atoms with Gasteiger partial charge in [0.1, 0.15) is 10.8 Å². The van der Waals surface area contributed by atoms with Crippen molar-refractivity contribution in [2.45, 2.75) is 36.1 Å². The third-order valence-electron chi connectivity index (χ3n) is 3.04. The number of amides is 1. The molecule has 1 amide bonds. The van der Waals surface area contributed by atoms with Gasteiger partial charge in [-0.3, -0.25) is 9.59 Å². The predicted octanol–water partition coefficient (Wildman–Crippen LogP) is 0.490. The Balaban J connectivity index is 2.06. The summed E-state index contributed by atoms with van der Waals surface area (Å²) in [6.07, 6.45) is 1.51. The van der Waals surface area contributed by atoms with Crippen LogP contribution in [0.5, 0.6) is 0 Å². The second kappa shape index (κ2) is 6.12. The van der Waals surface area contributed by atoms with Gasteiger partial charge in [0.2, 0.25) is 5.91 Å². The van der Waals surface area contributed by atoms with Crippen molar-refractivity contribution in [1.82, 2.24) is 9.62 Å². The lowest BCUT2D eigenvalue weighted by Gasteiger charge is -2.24. The van der Waals surface area contributed by atoms with Gasteiger partial charge in [0.15, 0.2) is 0 Å². The van der Waals surface area contributed by atoms with E-state index >= 15 is 0 Å². The second-order valence-corrected chi connectivity index (χ2v) is 7.75. The molecule has 0 bridgehead atoms. The minimum absolute atomic E-state index is 0.0951. The highest BCUT2D eigenvalue weighted by atomic mass is 32.2. The van der Waals surface area contributed by atoms with E-state index in [4.69, 9.17) is 5.11 Å². The Kier molecular flexibility index (Phi) is 4.64. The van der Waals surface area contributed by atoms with E-state index in [0.29, 0.717) is 0 Å². The largest absolute Gasteiger partial charge is 0.480 e. The van der Waals surface area contributed by atoms with Crippen LogP contribution >= 0.6 is 11.3 Å². The van der Waals surface area contributed by atoms with Crippen LogP contribution in [0.25, 0.3) is 0 Å². The fraction of sp³-hybridized carbons (Fsp3) is 0.500. The maximum atomic E-state index is 12.2. The molecular weight excluding hydrogens is 316 g/mol. The summed E-state index contributed by atoms with van der Waals surface area (Å²) in [5, 5.41) is 10.5. The minimum Gasteiger partial charge on any atom is -0.480 e. The summed E-state index contributed by atoms with van der Waals surface area (Å²) < 4.78 is 26.5. The smallest absolute Gasteiger partial charge is 0.323 e. The molecule has 1 heterocycles. The lowest BCUT2D eigenvalue weighted by atomic mass is 10.3. The molecule has 2 N–H and O–H groups in total. The molecule has 0 spiro atoms. The van der Waals surface area contributed by atoms with Crippen molar-refractivity contribution >= 4 is 33.2 Å². The summed E-state index contributed by atoms with van der Waals surface area (Å²) in [5.41, 5.74) is 0. The third kappa shape index (κ3) is 4.02. The molecule has 116 valence electrons. The molecule has 21 heavy (non-hydrogen) atoms. The highest BCUT2D eigenvalue weighted by molar-refractivity contribution is 7.91. The van der Waals surface area contributed by atoms with E-state index in [1.54, 1.807) is 11.4 Å². The number of rotatable bonds is 7. The number of aliphatic carboxylic acids is 1. The lowest BCUT2D eigenvalue weighted by molar-refractivity contribution is -0.145. The Labute approximate surface area is 126 Å². The number of thiophene rings is 1. The van der Waals surface area contributed by atoms with Gasteiger partial charge in [0.05, 0.1) is 6.04 Å². The number of carboxylic acids is 1. The van der Waals surface area contributed by atoms with E-state index in [0.717, 1.165) is 24.2 Å². The summed E-state index contributed by atoms with van der Waals surface area (Å²) in [7, 11) is -3.75. The molecule has 1 aliphatic rings. The fourth-order valence-corrected chi connectivity index (χ4v) is 4.13. The maximum Gasteiger partial charge on any atom is 0.323 e. The van der Waals surface area contributed by atoms with E-state index in [-0.39, 0.29) is 10.3 Å². The maximum absolute atomic E-state index is 12.2. The Bertz CT molecular complexity index is 622. The zero-order valence-electron chi connectivity index (χ0n) is 11.4. The number of carbonyl (C=O) groups is 2. The van der Waals surface area contributed by atoms with Gasteiger partial charge < -0.3 is 10.0 Å². The first kappa shape index (κ1) is 15.9. The quantitative estimate of drug-likeness (QED) is 0.756. The molecule has 0 aliphatic heterocycles. The zero-order chi connectivity index (χ0) is 15.6. The van der Waals surface area contributed by atoms with Crippen molar-refractivity contribution in [3.63, 3.8) is 0 Å². The monoisotopic (exact) mass is 332 g/mol. The normalized spacial score (nSPS) is 16.4. The van der Waals surface area contributed by atoms with Gasteiger partial charge in [-0.05, 0) is 31.2 Å². The Morgan fingerprint density at radius 3 is 2.67 bits per heavy atom. The number of nitrogens with zero attached hydrogens (tertiary/aromatic N) is 1. The van der Waals surface area contributed by atoms with Crippen molar-refractivity contribution in [1.29, 1.82) is 0 Å². The Morgan fingerprint density at radius 1 is 1.52 bits per heavy atom. The summed E-state index contributed by atoms with van der Waals surface area (Å²) in [6.45, 7) is 1.01. The van der Waals surface area contributed by atoms with E-state index in [1.165, 1.54) is 17.9 Å². The van der Waals surface area contributed by atoms with Crippen molar-refractivity contribution in [2.24, 2.45) is 0 Å². The van der Waals surface area contributed by atoms with Gasteiger partial charge in [0, 0.05) is 6.04 Å². The molecule has 7 nitrogen and oxygen atoms in total. The van der Waals surface area contributed by atoms with Crippen LogP contribution in [0, 0.1) is 0 Å². The molecule has 0 aromatic carbocycles. The fourth-order valence-electron chi connectivity index (χ4n) is 1.93. The summed E-state index contributed by atoms with van der Waals surface area (Å²) in [4.78, 5) is 24.3. The van der Waals surface area contributed by atoms with Gasteiger partial charge in [-0.2, -0.15) is 4.72 Å². The SMILES string of the molecule is CC(NS(=O)(=O)c1cccs1)C(=O)N(CC(=O)O)C1CC1. The van der Waals surface area contributed by atoms with Gasteiger partial charge in [-0.25, -0.2) is 8.42 Å². The number of hydrogen-bond donors (Lipinski definition) is 2. The molecular formula is C12H16N2O5S2. The van der Waals surface area contributed by atoms with Crippen LogP contribution in [0.1, 0.15) is 19.8 Å². The average molecular weight is 332 g/mol. The predicted molar refractivity (Wildman–Crippen MR) is 76.5 cm³/mol. The first-order valence-electron chi connectivity index (χ1n) is 6.39. The molecule has 1 unspecified atom stereocenters. The number of carbonyl (C=O) groups excluding carboxylic acids is 1. The zero-order valence-corrected chi connectivity index (χ0v) is 13.0. The summed E-state index contributed by atoms with van der Waals surface area (Å²) in [6, 6.07) is 1.95. The lowest BCUT2D eigenvalue weighted by Crippen LogP contribution is -2.49. The number of carboxylic acid groups (broad SMARTS) is 1. The third-order valence-corrected chi connectivity index (χ3v) is 5.98. The minimum atomic E-state index is -3.75. The summed E-state index contributed by atoms with van der Waals surface area (Å²) >= 11 is 1.05. The molecule has 1 saturated carbocycles. The van der Waals surface area contributed by atoms with Crippen LogP contribution in [0.4, 0.5) is 0 Å². The van der Waals surface area contributed by atoms with Crippen LogP contribution in [0.15, 0.2) is 21.7 Å². The molecule has 1 aliphatic carbocycles. The van der Waals surface area contributed by atoms with Crippen molar-refractivity contribution in [2.75, 3.05) is 6.54 Å². The van der Waals surface area contributed by atoms with Gasteiger partial charge in [-0.1, -0.05) is 6.07 Å². The van der Waals surface area contributed by atoms with Crippen LogP contribution in [0.3, 0.4) is 0 Å².